The van der Waals surface area contributed by atoms with Gasteiger partial charge in [-0.15, -0.1) is 11.8 Å². The monoisotopic (exact) mass is 229 g/mol. The van der Waals surface area contributed by atoms with Crippen molar-refractivity contribution in [1.82, 2.24) is 4.67 Å². The zero-order chi connectivity index (χ0) is 11.7. The Bertz CT molecular complexity index is 197. The van der Waals surface area contributed by atoms with Crippen LogP contribution in [-0.4, -0.2) is 23.4 Å². The summed E-state index contributed by atoms with van der Waals surface area (Å²) in [4.78, 5) is 0. The maximum absolute atomic E-state index is 5.62. The molecule has 1 unspecified atom stereocenters. The van der Waals surface area contributed by atoms with E-state index in [0.29, 0.717) is 21.0 Å². The van der Waals surface area contributed by atoms with E-state index >= 15 is 0 Å². The molecule has 0 rings (SSSR count). The van der Waals surface area contributed by atoms with Gasteiger partial charge in [0.2, 0.25) is 0 Å². The van der Waals surface area contributed by atoms with Crippen LogP contribution in [0.25, 0.3) is 0 Å². The minimum Gasteiger partial charge on any atom is -0.345 e. The lowest BCUT2D eigenvalue weighted by atomic mass is 10.3. The normalized spacial score (nSPS) is 11.7. The first-order chi connectivity index (χ1) is 7.09. The van der Waals surface area contributed by atoms with Crippen molar-refractivity contribution in [2.24, 2.45) is 0 Å². The zero-order valence-electron chi connectivity index (χ0n) is 10.6. The van der Waals surface area contributed by atoms with Crippen molar-refractivity contribution in [2.45, 2.75) is 59.5 Å². The van der Waals surface area contributed by atoms with Crippen molar-refractivity contribution in [2.75, 3.05) is 6.61 Å². The molecule has 3 heteroatoms. The van der Waals surface area contributed by atoms with E-state index in [9.17, 15) is 0 Å². The van der Waals surface area contributed by atoms with Crippen LogP contribution in [0.1, 0.15) is 47.5 Å². The molecule has 0 aliphatic carbocycles. The van der Waals surface area contributed by atoms with Gasteiger partial charge in [0, 0.05) is 24.9 Å². The van der Waals surface area contributed by atoms with Gasteiger partial charge in [-0.25, -0.2) is 0 Å². The van der Waals surface area contributed by atoms with E-state index in [4.69, 9.17) is 4.52 Å². The van der Waals surface area contributed by atoms with Crippen LogP contribution in [0.3, 0.4) is 0 Å². The molecule has 0 aromatic carbocycles. The fourth-order valence-electron chi connectivity index (χ4n) is 1.24. The minimum atomic E-state index is 0.461. The van der Waals surface area contributed by atoms with Gasteiger partial charge >= 0.3 is 0 Å². The van der Waals surface area contributed by atoms with Gasteiger partial charge in [0.25, 0.3) is 0 Å². The average molecular weight is 229 g/mol. The fraction of sp³-hybridized carbons (Fsp3) is 0.833. The Balaban J connectivity index is 3.63. The van der Waals surface area contributed by atoms with Crippen LogP contribution in [0, 0.1) is 11.8 Å². The van der Waals surface area contributed by atoms with Gasteiger partial charge < -0.3 is 4.52 Å². The van der Waals surface area contributed by atoms with Crippen LogP contribution in [0.4, 0.5) is 0 Å². The van der Waals surface area contributed by atoms with Crippen LogP contribution < -0.4 is 0 Å². The topological polar surface area (TPSA) is 12.5 Å². The van der Waals surface area contributed by atoms with E-state index in [1.807, 2.05) is 0 Å². The lowest BCUT2D eigenvalue weighted by Crippen LogP contribution is -2.29. The lowest BCUT2D eigenvalue weighted by Gasteiger charge is -2.29. The van der Waals surface area contributed by atoms with E-state index in [0.717, 1.165) is 19.4 Å². The van der Waals surface area contributed by atoms with E-state index in [-0.39, 0.29) is 0 Å². The van der Waals surface area contributed by atoms with Crippen molar-refractivity contribution >= 4 is 8.96 Å². The van der Waals surface area contributed by atoms with Gasteiger partial charge in [-0.05, 0) is 27.7 Å². The van der Waals surface area contributed by atoms with Crippen LogP contribution in [0.5, 0.6) is 0 Å². The van der Waals surface area contributed by atoms with E-state index in [1.165, 1.54) is 0 Å². The van der Waals surface area contributed by atoms with Gasteiger partial charge in [-0.2, -0.15) is 0 Å². The molecule has 0 fully saturated rings. The predicted octanol–water partition coefficient (Wildman–Crippen LogP) is 3.43. The largest absolute Gasteiger partial charge is 0.345 e. The van der Waals surface area contributed by atoms with Gasteiger partial charge in [-0.1, -0.05) is 6.92 Å². The summed E-state index contributed by atoms with van der Waals surface area (Å²) >= 11 is 0. The highest BCUT2D eigenvalue weighted by molar-refractivity contribution is 7.29. The highest BCUT2D eigenvalue weighted by Crippen LogP contribution is 2.25. The van der Waals surface area contributed by atoms with Crippen LogP contribution in [0.2, 0.25) is 0 Å². The fourth-order valence-corrected chi connectivity index (χ4v) is 2.01. The summed E-state index contributed by atoms with van der Waals surface area (Å²) in [6, 6.07) is 1.09. The summed E-state index contributed by atoms with van der Waals surface area (Å²) in [6.07, 6.45) is 1.79. The molecule has 0 saturated carbocycles. The Hall–Kier alpha value is -0.0900. The molecule has 0 spiro atoms. The maximum Gasteiger partial charge on any atom is 0.0894 e. The van der Waals surface area contributed by atoms with Crippen molar-refractivity contribution in [3.63, 3.8) is 0 Å². The molecule has 2 nitrogen and oxygen atoms in total. The van der Waals surface area contributed by atoms with Crippen molar-refractivity contribution in [1.29, 1.82) is 0 Å². The van der Waals surface area contributed by atoms with Crippen LogP contribution in [-0.2, 0) is 4.52 Å². The summed E-state index contributed by atoms with van der Waals surface area (Å²) in [5.41, 5.74) is 0. The van der Waals surface area contributed by atoms with E-state index in [1.54, 1.807) is 0 Å². The molecule has 0 radical (unpaired) electrons. The third-order valence-corrected chi connectivity index (χ3v) is 3.49. The Morgan fingerprint density at radius 3 is 2.20 bits per heavy atom. The number of rotatable bonds is 6. The molecule has 0 aromatic rings. The molecule has 15 heavy (non-hydrogen) atoms. The van der Waals surface area contributed by atoms with Crippen LogP contribution in [0.15, 0.2) is 0 Å². The number of hydrogen-bond donors (Lipinski definition) is 0. The lowest BCUT2D eigenvalue weighted by molar-refractivity contribution is 0.270. The Morgan fingerprint density at radius 2 is 1.73 bits per heavy atom. The molecular weight excluding hydrogens is 205 g/mol. The molecule has 0 amide bonds. The Kier molecular flexibility index (Phi) is 9.10. The summed E-state index contributed by atoms with van der Waals surface area (Å²) in [7, 11) is 0.461. The molecule has 0 aliphatic heterocycles. The molecule has 0 N–H and O–H groups in total. The van der Waals surface area contributed by atoms with Crippen molar-refractivity contribution in [3.05, 3.63) is 0 Å². The van der Waals surface area contributed by atoms with Crippen LogP contribution >= 0.6 is 8.96 Å². The first-order valence-electron chi connectivity index (χ1n) is 5.71. The summed E-state index contributed by atoms with van der Waals surface area (Å²) in [5, 5.41) is 0. The Morgan fingerprint density at radius 1 is 1.13 bits per heavy atom. The molecule has 0 aromatic heterocycles. The second-order valence-electron chi connectivity index (χ2n) is 3.99. The minimum absolute atomic E-state index is 0.461. The average Bonchev–Trinajstić information content (AvgIpc) is 2.15. The first kappa shape index (κ1) is 14.9. The summed E-state index contributed by atoms with van der Waals surface area (Å²) in [5.74, 6) is 6.12. The maximum atomic E-state index is 5.62. The second kappa shape index (κ2) is 9.16. The number of hydrogen-bond acceptors (Lipinski definition) is 2. The smallest absolute Gasteiger partial charge is 0.0894 e. The molecule has 88 valence electrons. The van der Waals surface area contributed by atoms with Crippen molar-refractivity contribution < 1.29 is 4.52 Å². The molecular formula is C12H24NOP. The first-order valence-corrected chi connectivity index (χ1v) is 6.56. The highest BCUT2D eigenvalue weighted by Gasteiger charge is 2.12. The van der Waals surface area contributed by atoms with E-state index in [2.05, 4.69) is 51.1 Å². The molecule has 0 aliphatic rings. The molecule has 0 heterocycles. The molecule has 0 bridgehead atoms. The van der Waals surface area contributed by atoms with Gasteiger partial charge in [-0.3, -0.25) is 4.67 Å². The van der Waals surface area contributed by atoms with Gasteiger partial charge in [0.15, 0.2) is 0 Å². The standard InChI is InChI=1S/C12H24NOP/c1-6-7-8-9-10-14-15-13(11(2)3)12(4)5/h11-12,15H,6,9-10H2,1-5H3. The molecule has 1 atom stereocenters. The predicted molar refractivity (Wildman–Crippen MR) is 69.1 cm³/mol. The zero-order valence-corrected chi connectivity index (χ0v) is 11.6. The SMILES string of the molecule is CCC#CCCOPN(C(C)C)C(C)C. The Labute approximate surface area is 96.7 Å². The van der Waals surface area contributed by atoms with Gasteiger partial charge in [0.1, 0.15) is 0 Å². The highest BCUT2D eigenvalue weighted by atomic mass is 31.1. The third-order valence-electron chi connectivity index (χ3n) is 1.91. The second-order valence-corrected chi connectivity index (χ2v) is 4.98. The van der Waals surface area contributed by atoms with E-state index < -0.39 is 0 Å². The summed E-state index contributed by atoms with van der Waals surface area (Å²) in [6.45, 7) is 11.6. The quantitative estimate of drug-likeness (QED) is 0.393. The van der Waals surface area contributed by atoms with Gasteiger partial charge in [0.05, 0.1) is 15.6 Å². The summed E-state index contributed by atoms with van der Waals surface area (Å²) < 4.78 is 7.97. The number of nitrogens with zero attached hydrogens (tertiary/aromatic N) is 1. The van der Waals surface area contributed by atoms with Crippen molar-refractivity contribution in [3.8, 4) is 11.8 Å². The molecule has 0 saturated heterocycles. The third kappa shape index (κ3) is 7.79.